The molecule has 2 heterocycles. The molecular formula is C22H21NO. The molecular weight excluding hydrogens is 294 g/mol. The maximum atomic E-state index is 12.6. The Bertz CT molecular complexity index is 833. The number of carbonyl (C=O) groups is 1. The third kappa shape index (κ3) is 2.80. The van der Waals surface area contributed by atoms with E-state index in [-0.39, 0.29) is 5.78 Å². The van der Waals surface area contributed by atoms with Crippen LogP contribution in [0.25, 0.3) is 11.3 Å². The van der Waals surface area contributed by atoms with Gasteiger partial charge in [-0.25, -0.2) is 0 Å². The van der Waals surface area contributed by atoms with Gasteiger partial charge in [0.15, 0.2) is 5.78 Å². The molecule has 2 aromatic carbocycles. The Labute approximate surface area is 142 Å². The Kier molecular flexibility index (Phi) is 4.04. The minimum Gasteiger partial charge on any atom is -0.344 e. The average molecular weight is 315 g/mol. The van der Waals surface area contributed by atoms with Gasteiger partial charge in [0, 0.05) is 35.8 Å². The van der Waals surface area contributed by atoms with Crippen molar-refractivity contribution < 1.29 is 4.79 Å². The molecule has 0 saturated carbocycles. The van der Waals surface area contributed by atoms with E-state index in [4.69, 9.17) is 0 Å². The van der Waals surface area contributed by atoms with Crippen LogP contribution < -0.4 is 0 Å². The molecule has 3 aromatic rings. The molecule has 4 rings (SSSR count). The molecule has 0 amide bonds. The molecule has 0 aliphatic carbocycles. The summed E-state index contributed by atoms with van der Waals surface area (Å²) >= 11 is 0. The minimum absolute atomic E-state index is 0.247. The maximum Gasteiger partial charge on any atom is 0.163 e. The van der Waals surface area contributed by atoms with Crippen molar-refractivity contribution in [2.45, 2.75) is 31.7 Å². The first-order chi connectivity index (χ1) is 11.8. The number of hydrogen-bond acceptors (Lipinski definition) is 1. The summed E-state index contributed by atoms with van der Waals surface area (Å²) < 4.78 is 2.40. The van der Waals surface area contributed by atoms with Crippen LogP contribution in [0, 0.1) is 0 Å². The summed E-state index contributed by atoms with van der Waals surface area (Å²) in [6, 6.07) is 24.6. The summed E-state index contributed by atoms with van der Waals surface area (Å²) in [4.78, 5) is 12.6. The second-order valence-electron chi connectivity index (χ2n) is 6.49. The highest BCUT2D eigenvalue weighted by atomic mass is 16.1. The fourth-order valence-electron chi connectivity index (χ4n) is 3.77. The van der Waals surface area contributed by atoms with Gasteiger partial charge in [-0.3, -0.25) is 4.79 Å². The summed E-state index contributed by atoms with van der Waals surface area (Å²) in [6.07, 6.45) is 2.83. The number of carbonyl (C=O) groups excluding carboxylic acids is 1. The van der Waals surface area contributed by atoms with Crippen molar-refractivity contribution in [2.75, 3.05) is 0 Å². The van der Waals surface area contributed by atoms with Gasteiger partial charge < -0.3 is 4.57 Å². The van der Waals surface area contributed by atoms with Crippen LogP contribution in [0.3, 0.4) is 0 Å². The van der Waals surface area contributed by atoms with Gasteiger partial charge in [-0.2, -0.15) is 0 Å². The van der Waals surface area contributed by atoms with Gasteiger partial charge in [-0.05, 0) is 30.5 Å². The summed E-state index contributed by atoms with van der Waals surface area (Å²) in [7, 11) is 0. The highest BCUT2D eigenvalue weighted by Gasteiger charge is 2.25. The number of benzene rings is 2. The number of nitrogens with zero attached hydrogens (tertiary/aromatic N) is 1. The SMILES string of the molecule is O=C(C[C@H]1CCCn2c(-c3ccccc3)ccc21)c1ccccc1. The van der Waals surface area contributed by atoms with Crippen molar-refractivity contribution in [1.29, 1.82) is 0 Å². The van der Waals surface area contributed by atoms with Gasteiger partial charge in [-0.15, -0.1) is 0 Å². The molecule has 0 fully saturated rings. The Morgan fingerprint density at radius 3 is 2.38 bits per heavy atom. The van der Waals surface area contributed by atoms with Gasteiger partial charge in [0.05, 0.1) is 0 Å². The lowest BCUT2D eigenvalue weighted by molar-refractivity contribution is 0.0969. The molecule has 0 N–H and O–H groups in total. The van der Waals surface area contributed by atoms with Crippen LogP contribution >= 0.6 is 0 Å². The number of ketones is 1. The van der Waals surface area contributed by atoms with E-state index < -0.39 is 0 Å². The van der Waals surface area contributed by atoms with Crippen LogP contribution in [-0.4, -0.2) is 10.4 Å². The van der Waals surface area contributed by atoms with Gasteiger partial charge in [-0.1, -0.05) is 60.7 Å². The lowest BCUT2D eigenvalue weighted by Crippen LogP contribution is -2.18. The molecule has 120 valence electrons. The fourth-order valence-corrected chi connectivity index (χ4v) is 3.77. The fraction of sp³-hybridized carbons (Fsp3) is 0.227. The Morgan fingerprint density at radius 2 is 1.62 bits per heavy atom. The van der Waals surface area contributed by atoms with E-state index in [1.54, 1.807) is 0 Å². The zero-order chi connectivity index (χ0) is 16.4. The quantitative estimate of drug-likeness (QED) is 0.598. The van der Waals surface area contributed by atoms with E-state index in [0.717, 1.165) is 24.9 Å². The topological polar surface area (TPSA) is 22.0 Å². The zero-order valence-corrected chi connectivity index (χ0v) is 13.7. The van der Waals surface area contributed by atoms with Gasteiger partial charge >= 0.3 is 0 Å². The van der Waals surface area contributed by atoms with E-state index in [0.29, 0.717) is 12.3 Å². The standard InChI is InChI=1S/C22H21NO/c24-22(18-10-5-2-6-11-18)16-19-12-7-15-23-20(13-14-21(19)23)17-8-3-1-4-9-17/h1-6,8-11,13-14,19H,7,12,15-16H2/t19-/m1/s1. The summed E-state index contributed by atoms with van der Waals surface area (Å²) in [5, 5.41) is 0. The third-order valence-electron chi connectivity index (χ3n) is 4.96. The van der Waals surface area contributed by atoms with Gasteiger partial charge in [0.25, 0.3) is 0 Å². The molecule has 1 atom stereocenters. The summed E-state index contributed by atoms with van der Waals surface area (Å²) in [5.41, 5.74) is 4.65. The van der Waals surface area contributed by atoms with E-state index in [9.17, 15) is 4.79 Å². The van der Waals surface area contributed by atoms with Crippen LogP contribution in [0.5, 0.6) is 0 Å². The lowest BCUT2D eigenvalue weighted by atomic mass is 9.89. The number of fused-ring (bicyclic) bond motifs is 1. The predicted octanol–water partition coefficient (Wildman–Crippen LogP) is 5.31. The van der Waals surface area contributed by atoms with Crippen molar-refractivity contribution in [1.82, 2.24) is 4.57 Å². The van der Waals surface area contributed by atoms with Crippen molar-refractivity contribution in [2.24, 2.45) is 0 Å². The number of Topliss-reactive ketones (excluding diaryl/α,β-unsaturated/α-hetero) is 1. The molecule has 0 saturated heterocycles. The Hall–Kier alpha value is -2.61. The van der Waals surface area contributed by atoms with Crippen LogP contribution in [0.15, 0.2) is 72.8 Å². The van der Waals surface area contributed by atoms with Gasteiger partial charge in [0.2, 0.25) is 0 Å². The average Bonchev–Trinajstić information content (AvgIpc) is 3.08. The van der Waals surface area contributed by atoms with Gasteiger partial charge in [0.1, 0.15) is 0 Å². The molecule has 24 heavy (non-hydrogen) atoms. The Morgan fingerprint density at radius 1 is 0.917 bits per heavy atom. The van der Waals surface area contributed by atoms with Crippen molar-refractivity contribution >= 4 is 5.78 Å². The molecule has 2 nitrogen and oxygen atoms in total. The van der Waals surface area contributed by atoms with E-state index in [2.05, 4.69) is 41.0 Å². The first-order valence-electron chi connectivity index (χ1n) is 8.66. The molecule has 1 aromatic heterocycles. The molecule has 0 unspecified atom stereocenters. The number of aromatic nitrogens is 1. The van der Waals surface area contributed by atoms with Crippen LogP contribution in [0.1, 0.15) is 41.2 Å². The summed E-state index contributed by atoms with van der Waals surface area (Å²) in [6.45, 7) is 1.04. The predicted molar refractivity (Wildman–Crippen MR) is 97.2 cm³/mol. The van der Waals surface area contributed by atoms with Crippen LogP contribution in [0.2, 0.25) is 0 Å². The second-order valence-corrected chi connectivity index (χ2v) is 6.49. The first-order valence-corrected chi connectivity index (χ1v) is 8.66. The zero-order valence-electron chi connectivity index (χ0n) is 13.7. The highest BCUT2D eigenvalue weighted by molar-refractivity contribution is 5.96. The lowest BCUT2D eigenvalue weighted by Gasteiger charge is -2.26. The molecule has 0 bridgehead atoms. The van der Waals surface area contributed by atoms with E-state index in [1.807, 2.05) is 36.4 Å². The monoisotopic (exact) mass is 315 g/mol. The molecule has 1 aliphatic rings. The summed E-state index contributed by atoms with van der Waals surface area (Å²) in [5.74, 6) is 0.570. The molecule has 2 heteroatoms. The third-order valence-corrected chi connectivity index (χ3v) is 4.96. The molecule has 0 radical (unpaired) electrons. The number of rotatable bonds is 4. The second kappa shape index (κ2) is 6.48. The minimum atomic E-state index is 0.247. The smallest absolute Gasteiger partial charge is 0.163 e. The van der Waals surface area contributed by atoms with Crippen molar-refractivity contribution in [3.05, 3.63) is 84.1 Å². The molecule has 0 spiro atoms. The number of hydrogen-bond donors (Lipinski definition) is 0. The van der Waals surface area contributed by atoms with Crippen molar-refractivity contribution in [3.63, 3.8) is 0 Å². The van der Waals surface area contributed by atoms with E-state index in [1.165, 1.54) is 17.0 Å². The first kappa shape index (κ1) is 14.9. The largest absolute Gasteiger partial charge is 0.344 e. The Balaban J connectivity index is 1.61. The highest BCUT2D eigenvalue weighted by Crippen LogP contribution is 2.35. The van der Waals surface area contributed by atoms with E-state index >= 15 is 0 Å². The normalized spacial score (nSPS) is 16.6. The molecule has 1 aliphatic heterocycles. The van der Waals surface area contributed by atoms with Crippen LogP contribution in [-0.2, 0) is 6.54 Å². The van der Waals surface area contributed by atoms with Crippen molar-refractivity contribution in [3.8, 4) is 11.3 Å². The van der Waals surface area contributed by atoms with Crippen LogP contribution in [0.4, 0.5) is 0 Å². The maximum absolute atomic E-state index is 12.6.